The highest BCUT2D eigenvalue weighted by molar-refractivity contribution is 5.69. The van der Waals surface area contributed by atoms with Gasteiger partial charge in [0.05, 0.1) is 6.42 Å². The fraction of sp³-hybridized carbons (Fsp3) is 0.278. The maximum Gasteiger partial charge on any atom is 0.303 e. The van der Waals surface area contributed by atoms with Crippen LogP contribution in [-0.4, -0.2) is 11.1 Å². The zero-order chi connectivity index (χ0) is 15.6. The van der Waals surface area contributed by atoms with Gasteiger partial charge in [-0.25, -0.2) is 4.39 Å². The van der Waals surface area contributed by atoms with E-state index in [1.54, 1.807) is 12.1 Å². The lowest BCUT2D eigenvalue weighted by atomic mass is 9.93. The Morgan fingerprint density at radius 2 is 1.86 bits per heavy atom. The van der Waals surface area contributed by atoms with Crippen LogP contribution in [0.3, 0.4) is 0 Å². The summed E-state index contributed by atoms with van der Waals surface area (Å²) in [7, 11) is 0. The van der Waals surface area contributed by atoms with Crippen molar-refractivity contribution in [3.63, 3.8) is 0 Å². The third-order valence-corrected chi connectivity index (χ3v) is 3.86. The van der Waals surface area contributed by atoms with Crippen molar-refractivity contribution in [2.75, 3.05) is 0 Å². The summed E-state index contributed by atoms with van der Waals surface area (Å²) in [6.07, 6.45) is 0.0397. The molecule has 2 rings (SSSR count). The average Bonchev–Trinajstić information content (AvgIpc) is 2.41. The van der Waals surface area contributed by atoms with Gasteiger partial charge in [0, 0.05) is 5.56 Å². The molecule has 110 valence electrons. The van der Waals surface area contributed by atoms with Crippen LogP contribution < -0.4 is 0 Å². The number of carboxylic acid groups (broad SMARTS) is 1. The van der Waals surface area contributed by atoms with E-state index in [2.05, 4.69) is 0 Å². The highest BCUT2D eigenvalue weighted by Crippen LogP contribution is 2.29. The third-order valence-electron chi connectivity index (χ3n) is 3.86. The van der Waals surface area contributed by atoms with E-state index < -0.39 is 5.97 Å². The molecule has 2 nitrogen and oxygen atoms in total. The molecule has 0 aliphatic carbocycles. The van der Waals surface area contributed by atoms with Gasteiger partial charge in [-0.1, -0.05) is 31.2 Å². The van der Waals surface area contributed by atoms with E-state index >= 15 is 0 Å². The van der Waals surface area contributed by atoms with Crippen molar-refractivity contribution in [1.82, 2.24) is 0 Å². The minimum atomic E-state index is -0.848. The smallest absolute Gasteiger partial charge is 0.303 e. The van der Waals surface area contributed by atoms with Gasteiger partial charge in [-0.3, -0.25) is 4.79 Å². The van der Waals surface area contributed by atoms with Crippen molar-refractivity contribution in [2.45, 2.75) is 33.1 Å². The number of hydrogen-bond donors (Lipinski definition) is 1. The van der Waals surface area contributed by atoms with E-state index in [-0.39, 0.29) is 18.2 Å². The van der Waals surface area contributed by atoms with E-state index in [0.29, 0.717) is 5.56 Å². The van der Waals surface area contributed by atoms with E-state index in [1.807, 2.05) is 39.0 Å². The zero-order valence-electron chi connectivity index (χ0n) is 12.5. The van der Waals surface area contributed by atoms with Gasteiger partial charge in [0.25, 0.3) is 0 Å². The van der Waals surface area contributed by atoms with Crippen molar-refractivity contribution >= 4 is 5.97 Å². The number of hydrogen-bond acceptors (Lipinski definition) is 1. The molecule has 0 saturated carbocycles. The van der Waals surface area contributed by atoms with Crippen LogP contribution in [0.4, 0.5) is 4.39 Å². The lowest BCUT2D eigenvalue weighted by molar-refractivity contribution is -0.137. The summed E-state index contributed by atoms with van der Waals surface area (Å²) in [5, 5.41) is 8.88. The number of aryl methyl sites for hydroxylation is 2. The highest BCUT2D eigenvalue weighted by Gasteiger charge is 2.13. The normalized spacial score (nSPS) is 12.2. The first-order chi connectivity index (χ1) is 9.88. The highest BCUT2D eigenvalue weighted by atomic mass is 19.1. The van der Waals surface area contributed by atoms with Gasteiger partial charge in [0.1, 0.15) is 5.82 Å². The Balaban J connectivity index is 2.43. The van der Waals surface area contributed by atoms with Crippen molar-refractivity contribution in [1.29, 1.82) is 0 Å². The monoisotopic (exact) mass is 286 g/mol. The van der Waals surface area contributed by atoms with Gasteiger partial charge < -0.3 is 5.11 Å². The summed E-state index contributed by atoms with van der Waals surface area (Å²) in [4.78, 5) is 10.8. The lowest BCUT2D eigenvalue weighted by Crippen LogP contribution is -2.03. The Kier molecular flexibility index (Phi) is 4.41. The van der Waals surface area contributed by atoms with Crippen LogP contribution in [0.5, 0.6) is 0 Å². The van der Waals surface area contributed by atoms with Crippen LogP contribution in [0, 0.1) is 19.7 Å². The summed E-state index contributed by atoms with van der Waals surface area (Å²) < 4.78 is 14.1. The molecule has 0 radical (unpaired) electrons. The number of carbonyl (C=O) groups is 1. The number of halogens is 1. The molecule has 3 heteroatoms. The standard InChI is InChI=1S/C18H19FO2/c1-11-4-5-15(8-12(11)2)16-10-14(6-7-17(16)19)13(3)9-18(20)21/h4-8,10,13H,9H2,1-3H3,(H,20,21). The van der Waals surface area contributed by atoms with Crippen molar-refractivity contribution in [3.8, 4) is 11.1 Å². The molecule has 0 bridgehead atoms. The Morgan fingerprint density at radius 1 is 1.14 bits per heavy atom. The molecule has 1 N–H and O–H groups in total. The minimum Gasteiger partial charge on any atom is -0.481 e. The van der Waals surface area contributed by atoms with Crippen LogP contribution in [0.1, 0.15) is 36.0 Å². The summed E-state index contributed by atoms with van der Waals surface area (Å²) in [6, 6.07) is 10.7. The lowest BCUT2D eigenvalue weighted by Gasteiger charge is -2.13. The molecule has 0 aliphatic heterocycles. The molecule has 0 spiro atoms. The van der Waals surface area contributed by atoms with Crippen molar-refractivity contribution < 1.29 is 14.3 Å². The van der Waals surface area contributed by atoms with Crippen molar-refractivity contribution in [3.05, 3.63) is 58.9 Å². The summed E-state index contributed by atoms with van der Waals surface area (Å²) in [5.41, 5.74) is 4.45. The Labute approximate surface area is 124 Å². The van der Waals surface area contributed by atoms with Crippen molar-refractivity contribution in [2.24, 2.45) is 0 Å². The summed E-state index contributed by atoms with van der Waals surface area (Å²) >= 11 is 0. The molecule has 2 aromatic carbocycles. The summed E-state index contributed by atoms with van der Waals surface area (Å²) in [6.45, 7) is 5.85. The van der Waals surface area contributed by atoms with E-state index in [4.69, 9.17) is 5.11 Å². The van der Waals surface area contributed by atoms with E-state index in [1.165, 1.54) is 6.07 Å². The number of rotatable bonds is 4. The Bertz CT molecular complexity index is 677. The van der Waals surface area contributed by atoms with Gasteiger partial charge >= 0.3 is 5.97 Å². The maximum absolute atomic E-state index is 14.1. The topological polar surface area (TPSA) is 37.3 Å². The zero-order valence-corrected chi connectivity index (χ0v) is 12.5. The first kappa shape index (κ1) is 15.2. The van der Waals surface area contributed by atoms with Gasteiger partial charge in [-0.2, -0.15) is 0 Å². The first-order valence-corrected chi connectivity index (χ1v) is 6.97. The second-order valence-corrected chi connectivity index (χ2v) is 5.54. The molecular formula is C18H19FO2. The van der Waals surface area contributed by atoms with Gasteiger partial charge in [-0.15, -0.1) is 0 Å². The van der Waals surface area contributed by atoms with Crippen LogP contribution in [0.15, 0.2) is 36.4 Å². The first-order valence-electron chi connectivity index (χ1n) is 6.97. The van der Waals surface area contributed by atoms with Crippen LogP contribution in [-0.2, 0) is 4.79 Å². The molecule has 0 amide bonds. The molecule has 0 aliphatic rings. The second-order valence-electron chi connectivity index (χ2n) is 5.54. The molecule has 0 fully saturated rings. The molecule has 1 unspecified atom stereocenters. The van der Waals surface area contributed by atoms with E-state index in [9.17, 15) is 9.18 Å². The SMILES string of the molecule is Cc1ccc(-c2cc(C(C)CC(=O)O)ccc2F)cc1C. The summed E-state index contributed by atoms with van der Waals surface area (Å²) in [5.74, 6) is -1.28. The fourth-order valence-electron chi connectivity index (χ4n) is 2.36. The quantitative estimate of drug-likeness (QED) is 0.885. The Hall–Kier alpha value is -2.16. The van der Waals surface area contributed by atoms with Crippen LogP contribution >= 0.6 is 0 Å². The van der Waals surface area contributed by atoms with E-state index in [0.717, 1.165) is 22.3 Å². The number of carboxylic acids is 1. The van der Waals surface area contributed by atoms with Gasteiger partial charge in [-0.05, 0) is 54.2 Å². The van der Waals surface area contributed by atoms with Crippen LogP contribution in [0.2, 0.25) is 0 Å². The Morgan fingerprint density at radius 3 is 2.48 bits per heavy atom. The number of benzene rings is 2. The largest absolute Gasteiger partial charge is 0.481 e. The number of aliphatic carboxylic acids is 1. The average molecular weight is 286 g/mol. The molecule has 21 heavy (non-hydrogen) atoms. The molecule has 0 saturated heterocycles. The molecule has 0 aromatic heterocycles. The molecule has 2 aromatic rings. The third kappa shape index (κ3) is 3.48. The van der Waals surface area contributed by atoms with Crippen LogP contribution in [0.25, 0.3) is 11.1 Å². The molecular weight excluding hydrogens is 267 g/mol. The van der Waals surface area contributed by atoms with Gasteiger partial charge in [0.2, 0.25) is 0 Å². The second kappa shape index (κ2) is 6.08. The molecule has 1 atom stereocenters. The molecule has 0 heterocycles. The maximum atomic E-state index is 14.1. The predicted octanol–water partition coefficient (Wildman–Crippen LogP) is 4.69. The van der Waals surface area contributed by atoms with Gasteiger partial charge in [0.15, 0.2) is 0 Å². The fourth-order valence-corrected chi connectivity index (χ4v) is 2.36. The minimum absolute atomic E-state index is 0.0397. The predicted molar refractivity (Wildman–Crippen MR) is 82.0 cm³/mol.